The first-order valence-electron chi connectivity index (χ1n) is 16.7. The predicted octanol–water partition coefficient (Wildman–Crippen LogP) is 11.5. The number of fused-ring (bicyclic) bond motifs is 6. The lowest BCUT2D eigenvalue weighted by molar-refractivity contribution is 0.669. The fraction of sp³-hybridized carbons (Fsp3) is 0. The summed E-state index contributed by atoms with van der Waals surface area (Å²) in [5.74, 6) is 1.77. The van der Waals surface area contributed by atoms with E-state index in [0.29, 0.717) is 17.6 Å². The molecular weight excluding hydrogens is 613 g/mol. The fourth-order valence-electron chi connectivity index (χ4n) is 7.13. The molecule has 0 amide bonds. The molecule has 0 saturated heterocycles. The van der Waals surface area contributed by atoms with Crippen LogP contribution in [-0.4, -0.2) is 19.5 Å². The van der Waals surface area contributed by atoms with Crippen LogP contribution in [0, 0.1) is 0 Å². The largest absolute Gasteiger partial charge is 0.456 e. The number of benzene rings is 7. The van der Waals surface area contributed by atoms with Crippen LogP contribution in [0.2, 0.25) is 0 Å². The number of hydrogen-bond donors (Lipinski definition) is 0. The van der Waals surface area contributed by atoms with E-state index in [1.807, 2.05) is 66.7 Å². The van der Waals surface area contributed by atoms with Crippen LogP contribution in [0.4, 0.5) is 0 Å². The molecule has 0 N–H and O–H groups in total. The van der Waals surface area contributed by atoms with Crippen molar-refractivity contribution in [3.63, 3.8) is 0 Å². The van der Waals surface area contributed by atoms with Crippen molar-refractivity contribution in [2.45, 2.75) is 0 Å². The van der Waals surface area contributed by atoms with Crippen LogP contribution in [0.25, 0.3) is 94.7 Å². The number of rotatable bonds is 5. The maximum absolute atomic E-state index is 6.36. The maximum atomic E-state index is 6.36. The van der Waals surface area contributed by atoms with Gasteiger partial charge in [0, 0.05) is 32.7 Å². The third-order valence-electron chi connectivity index (χ3n) is 9.47. The highest BCUT2D eigenvalue weighted by molar-refractivity contribution is 6.13. The maximum Gasteiger partial charge on any atom is 0.238 e. The molecule has 0 aliphatic heterocycles. The highest BCUT2D eigenvalue weighted by Crippen LogP contribution is 2.39. The molecule has 0 fully saturated rings. The second-order valence-electron chi connectivity index (χ2n) is 12.5. The molecule has 234 valence electrons. The Kier molecular flexibility index (Phi) is 6.42. The Hall–Kier alpha value is -6.85. The Morgan fingerprint density at radius 3 is 1.78 bits per heavy atom. The summed E-state index contributed by atoms with van der Waals surface area (Å²) < 4.78 is 8.52. The minimum atomic E-state index is 0.564. The van der Waals surface area contributed by atoms with Crippen molar-refractivity contribution in [3.05, 3.63) is 170 Å². The molecule has 7 aromatic carbocycles. The van der Waals surface area contributed by atoms with E-state index in [9.17, 15) is 0 Å². The van der Waals surface area contributed by atoms with Gasteiger partial charge in [0.25, 0.3) is 0 Å². The average Bonchev–Trinajstić information content (AvgIpc) is 3.74. The van der Waals surface area contributed by atoms with Crippen LogP contribution < -0.4 is 0 Å². The van der Waals surface area contributed by atoms with Gasteiger partial charge in [0.2, 0.25) is 5.95 Å². The first-order valence-corrected chi connectivity index (χ1v) is 16.7. The third-order valence-corrected chi connectivity index (χ3v) is 9.47. The Balaban J connectivity index is 1.21. The molecule has 3 aromatic heterocycles. The van der Waals surface area contributed by atoms with Gasteiger partial charge in [-0.1, -0.05) is 127 Å². The molecule has 0 aliphatic rings. The van der Waals surface area contributed by atoms with Crippen LogP contribution in [0.15, 0.2) is 174 Å². The summed E-state index contributed by atoms with van der Waals surface area (Å²) in [6.45, 7) is 0. The van der Waals surface area contributed by atoms with Crippen LogP contribution in [-0.2, 0) is 0 Å². The molecular formula is C45H28N4O. The summed E-state index contributed by atoms with van der Waals surface area (Å²) in [6, 6.07) is 58.6. The summed E-state index contributed by atoms with van der Waals surface area (Å²) in [7, 11) is 0. The van der Waals surface area contributed by atoms with Crippen molar-refractivity contribution in [1.29, 1.82) is 0 Å². The lowest BCUT2D eigenvalue weighted by Crippen LogP contribution is -2.06. The van der Waals surface area contributed by atoms with Gasteiger partial charge in [-0.05, 0) is 64.7 Å². The number of hydrogen-bond acceptors (Lipinski definition) is 4. The molecule has 10 aromatic rings. The van der Waals surface area contributed by atoms with Crippen LogP contribution in [0.5, 0.6) is 0 Å². The van der Waals surface area contributed by atoms with Crippen molar-refractivity contribution in [2.24, 2.45) is 0 Å². The minimum Gasteiger partial charge on any atom is -0.456 e. The Bertz CT molecular complexity index is 2860. The molecule has 0 unspecified atom stereocenters. The molecule has 0 bridgehead atoms. The van der Waals surface area contributed by atoms with Gasteiger partial charge < -0.3 is 4.42 Å². The molecule has 0 aliphatic carbocycles. The van der Waals surface area contributed by atoms with Gasteiger partial charge in [-0.25, -0.2) is 4.98 Å². The summed E-state index contributed by atoms with van der Waals surface area (Å²) in [5.41, 5.74) is 10.2. The first-order chi connectivity index (χ1) is 24.8. The smallest absolute Gasteiger partial charge is 0.238 e. The molecule has 0 spiro atoms. The Labute approximate surface area is 287 Å². The van der Waals surface area contributed by atoms with Crippen molar-refractivity contribution in [3.8, 4) is 51.0 Å². The fourth-order valence-corrected chi connectivity index (χ4v) is 7.13. The molecule has 5 nitrogen and oxygen atoms in total. The van der Waals surface area contributed by atoms with Gasteiger partial charge in [-0.2, -0.15) is 9.97 Å². The van der Waals surface area contributed by atoms with Crippen LogP contribution in [0.3, 0.4) is 0 Å². The van der Waals surface area contributed by atoms with E-state index in [1.165, 1.54) is 5.56 Å². The van der Waals surface area contributed by atoms with E-state index in [1.54, 1.807) is 0 Å². The van der Waals surface area contributed by atoms with Gasteiger partial charge in [-0.3, -0.25) is 4.57 Å². The van der Waals surface area contributed by atoms with Gasteiger partial charge in [0.1, 0.15) is 11.2 Å². The third kappa shape index (κ3) is 4.60. The lowest BCUT2D eigenvalue weighted by Gasteiger charge is -2.11. The summed E-state index contributed by atoms with van der Waals surface area (Å²) in [4.78, 5) is 15.4. The van der Waals surface area contributed by atoms with Crippen molar-refractivity contribution >= 4 is 43.7 Å². The molecule has 3 heterocycles. The zero-order valence-corrected chi connectivity index (χ0v) is 26.9. The zero-order valence-electron chi connectivity index (χ0n) is 26.9. The highest BCUT2D eigenvalue weighted by atomic mass is 16.3. The molecule has 0 atom stereocenters. The monoisotopic (exact) mass is 640 g/mol. The Morgan fingerprint density at radius 1 is 0.380 bits per heavy atom. The highest BCUT2D eigenvalue weighted by Gasteiger charge is 2.20. The van der Waals surface area contributed by atoms with Crippen molar-refractivity contribution < 1.29 is 4.42 Å². The van der Waals surface area contributed by atoms with E-state index >= 15 is 0 Å². The van der Waals surface area contributed by atoms with Crippen molar-refractivity contribution in [1.82, 2.24) is 19.5 Å². The van der Waals surface area contributed by atoms with Gasteiger partial charge in [0.05, 0.1) is 11.0 Å². The molecule has 50 heavy (non-hydrogen) atoms. The number of furan rings is 1. The van der Waals surface area contributed by atoms with E-state index < -0.39 is 0 Å². The minimum absolute atomic E-state index is 0.564. The van der Waals surface area contributed by atoms with E-state index in [4.69, 9.17) is 19.4 Å². The second kappa shape index (κ2) is 11.4. The molecule has 5 heteroatoms. The topological polar surface area (TPSA) is 56.7 Å². The van der Waals surface area contributed by atoms with Crippen LogP contribution in [0.1, 0.15) is 0 Å². The van der Waals surface area contributed by atoms with Gasteiger partial charge >= 0.3 is 0 Å². The summed E-state index contributed by atoms with van der Waals surface area (Å²) >= 11 is 0. The summed E-state index contributed by atoms with van der Waals surface area (Å²) in [6.07, 6.45) is 0. The van der Waals surface area contributed by atoms with E-state index in [0.717, 1.165) is 71.6 Å². The van der Waals surface area contributed by atoms with E-state index in [2.05, 4.69) is 108 Å². The molecule has 0 saturated carbocycles. The molecule has 0 radical (unpaired) electrons. The second-order valence-corrected chi connectivity index (χ2v) is 12.5. The SMILES string of the molecule is c1ccc(-c2ccc3c(c2)c2ccccc2n3-c2nc(-c3ccccc3)nc(-c3ccc4oc5cccc(-c6ccccc6)c5c4c3)n2)cc1. The number of nitrogens with zero attached hydrogens (tertiary/aromatic N) is 4. The van der Waals surface area contributed by atoms with E-state index in [-0.39, 0.29) is 0 Å². The average molecular weight is 641 g/mol. The normalized spacial score (nSPS) is 11.6. The van der Waals surface area contributed by atoms with Gasteiger partial charge in [-0.15, -0.1) is 0 Å². The van der Waals surface area contributed by atoms with Crippen LogP contribution >= 0.6 is 0 Å². The van der Waals surface area contributed by atoms with Crippen molar-refractivity contribution in [2.75, 3.05) is 0 Å². The standard InChI is InChI=1S/C45H28N4O/c1-4-13-29(14-5-1)32-23-25-39-36(27-32)35-19-10-11-21-38(35)49(39)45-47-43(31-17-8-3-9-18-31)46-44(48-45)33-24-26-40-37(28-33)42-34(20-12-22-41(42)50-40)30-15-6-2-7-16-30/h1-28H. The molecule has 10 rings (SSSR count). The number of para-hydroxylation sites is 1. The number of aromatic nitrogens is 4. The lowest BCUT2D eigenvalue weighted by atomic mass is 9.99. The summed E-state index contributed by atoms with van der Waals surface area (Å²) in [5, 5.41) is 4.38. The van der Waals surface area contributed by atoms with Gasteiger partial charge in [0.15, 0.2) is 11.6 Å². The Morgan fingerprint density at radius 2 is 1.00 bits per heavy atom. The first kappa shape index (κ1) is 28.2. The quantitative estimate of drug-likeness (QED) is 0.188. The predicted molar refractivity (Wildman–Crippen MR) is 203 cm³/mol. The zero-order chi connectivity index (χ0) is 33.0.